The van der Waals surface area contributed by atoms with Crippen LogP contribution in [0.1, 0.15) is 12.7 Å². The highest BCUT2D eigenvalue weighted by molar-refractivity contribution is 5.73. The van der Waals surface area contributed by atoms with Crippen molar-refractivity contribution in [1.82, 2.24) is 19.4 Å². The number of aryl methyl sites for hydroxylation is 1. The molecule has 9 nitrogen and oxygen atoms in total. The summed E-state index contributed by atoms with van der Waals surface area (Å²) in [6.45, 7) is 7.01. The van der Waals surface area contributed by atoms with Gasteiger partial charge in [-0.1, -0.05) is 0 Å². The first-order valence-electron chi connectivity index (χ1n) is 8.98. The zero-order valence-corrected chi connectivity index (χ0v) is 16.3. The number of aliphatic carboxylic acids is 1. The Morgan fingerprint density at radius 1 is 1.28 bits per heavy atom. The van der Waals surface area contributed by atoms with E-state index in [0.29, 0.717) is 32.9 Å². The third kappa shape index (κ3) is 6.68. The van der Waals surface area contributed by atoms with Gasteiger partial charge < -0.3 is 24.0 Å². The molecule has 1 amide bonds. The minimum Gasteiger partial charge on any atom is -0.475 e. The van der Waals surface area contributed by atoms with E-state index < -0.39 is 17.7 Å². The van der Waals surface area contributed by atoms with Gasteiger partial charge in [0.05, 0.1) is 32.9 Å². The number of nitrogens with zero attached hydrogens (tertiary/aromatic N) is 4. The lowest BCUT2D eigenvalue weighted by molar-refractivity contribution is -0.192. The molecule has 164 valence electrons. The standard InChI is InChI=1S/C15H24N4O3.C2HF3O2/c1-13(20)19-6-7-21-12-15(11-19)10-18(5-8-22-15)9-14-16-3-4-17(14)2;3-2(4,5)1(6)7/h3-4H,5-12H2,1-2H3;(H,6,7). The Morgan fingerprint density at radius 3 is 2.52 bits per heavy atom. The Hall–Kier alpha value is -2.18. The number of halogens is 3. The maximum absolute atomic E-state index is 11.7. The summed E-state index contributed by atoms with van der Waals surface area (Å²) in [5.74, 6) is -1.64. The van der Waals surface area contributed by atoms with Crippen molar-refractivity contribution >= 4 is 11.9 Å². The van der Waals surface area contributed by atoms with Gasteiger partial charge in [-0.05, 0) is 0 Å². The number of morpholine rings is 1. The molecule has 1 atom stereocenters. The Kier molecular flexibility index (Phi) is 7.60. The van der Waals surface area contributed by atoms with E-state index in [-0.39, 0.29) is 5.91 Å². The smallest absolute Gasteiger partial charge is 0.475 e. The molecular formula is C17H25F3N4O5. The van der Waals surface area contributed by atoms with Gasteiger partial charge in [0.25, 0.3) is 0 Å². The summed E-state index contributed by atoms with van der Waals surface area (Å²) in [7, 11) is 2.00. The predicted octanol–water partition coefficient (Wildman–Crippen LogP) is 0.503. The Morgan fingerprint density at radius 2 is 1.97 bits per heavy atom. The van der Waals surface area contributed by atoms with Crippen molar-refractivity contribution in [2.75, 3.05) is 46.0 Å². The number of ether oxygens (including phenoxy) is 2. The molecule has 2 aliphatic rings. The minimum absolute atomic E-state index is 0.0784. The molecule has 0 aromatic carbocycles. The van der Waals surface area contributed by atoms with Gasteiger partial charge in [0, 0.05) is 46.0 Å². The van der Waals surface area contributed by atoms with E-state index in [9.17, 15) is 18.0 Å². The van der Waals surface area contributed by atoms with E-state index in [1.54, 1.807) is 6.92 Å². The normalized spacial score (nSPS) is 23.3. The van der Waals surface area contributed by atoms with E-state index in [0.717, 1.165) is 25.5 Å². The second kappa shape index (κ2) is 9.55. The highest BCUT2D eigenvalue weighted by Gasteiger charge is 2.41. The first-order chi connectivity index (χ1) is 13.5. The van der Waals surface area contributed by atoms with Gasteiger partial charge in [-0.2, -0.15) is 13.2 Å². The molecule has 29 heavy (non-hydrogen) atoms. The van der Waals surface area contributed by atoms with E-state index in [4.69, 9.17) is 19.4 Å². The fraction of sp³-hybridized carbons (Fsp3) is 0.706. The summed E-state index contributed by atoms with van der Waals surface area (Å²) in [6, 6.07) is 0. The number of carbonyl (C=O) groups is 2. The van der Waals surface area contributed by atoms with Crippen molar-refractivity contribution in [2.45, 2.75) is 25.2 Å². The van der Waals surface area contributed by atoms with E-state index >= 15 is 0 Å². The topological polar surface area (TPSA) is 97.1 Å². The van der Waals surface area contributed by atoms with Crippen molar-refractivity contribution in [3.63, 3.8) is 0 Å². The summed E-state index contributed by atoms with van der Waals surface area (Å²) in [4.78, 5) is 29.2. The quantitative estimate of drug-likeness (QED) is 0.742. The third-order valence-electron chi connectivity index (χ3n) is 4.65. The van der Waals surface area contributed by atoms with Crippen LogP contribution in [-0.2, 0) is 32.7 Å². The fourth-order valence-electron chi connectivity index (χ4n) is 3.16. The molecule has 1 N–H and O–H groups in total. The number of carbonyl (C=O) groups excluding carboxylic acids is 1. The maximum atomic E-state index is 11.7. The third-order valence-corrected chi connectivity index (χ3v) is 4.65. The molecule has 1 aromatic rings. The highest BCUT2D eigenvalue weighted by atomic mass is 19.4. The van der Waals surface area contributed by atoms with Crippen LogP contribution in [0, 0.1) is 0 Å². The Labute approximate surface area is 166 Å². The van der Waals surface area contributed by atoms with Crippen LogP contribution in [-0.4, -0.2) is 94.1 Å². The fourth-order valence-corrected chi connectivity index (χ4v) is 3.16. The number of imidazole rings is 1. The molecule has 2 fully saturated rings. The van der Waals surface area contributed by atoms with Gasteiger partial charge in [0.15, 0.2) is 0 Å². The zero-order chi connectivity index (χ0) is 21.7. The van der Waals surface area contributed by atoms with Gasteiger partial charge in [-0.25, -0.2) is 9.78 Å². The summed E-state index contributed by atoms with van der Waals surface area (Å²) >= 11 is 0. The summed E-state index contributed by atoms with van der Waals surface area (Å²) in [6.07, 6.45) is -1.31. The van der Waals surface area contributed by atoms with Crippen molar-refractivity contribution < 1.29 is 37.3 Å². The molecule has 0 saturated carbocycles. The number of hydrogen-bond acceptors (Lipinski definition) is 6. The maximum Gasteiger partial charge on any atom is 0.490 e. The van der Waals surface area contributed by atoms with Crippen LogP contribution in [0.2, 0.25) is 0 Å². The van der Waals surface area contributed by atoms with E-state index in [1.165, 1.54) is 0 Å². The SMILES string of the molecule is CC(=O)N1CCOCC2(CN(Cc3nccn3C)CCO2)C1.O=C(O)C(F)(F)F. The van der Waals surface area contributed by atoms with Crippen molar-refractivity contribution in [3.8, 4) is 0 Å². The van der Waals surface area contributed by atoms with Gasteiger partial charge in [-0.3, -0.25) is 9.69 Å². The van der Waals surface area contributed by atoms with Crippen LogP contribution < -0.4 is 0 Å². The second-order valence-corrected chi connectivity index (χ2v) is 6.99. The second-order valence-electron chi connectivity index (χ2n) is 6.99. The highest BCUT2D eigenvalue weighted by Crippen LogP contribution is 2.23. The van der Waals surface area contributed by atoms with Crippen LogP contribution in [0.3, 0.4) is 0 Å². The van der Waals surface area contributed by atoms with Gasteiger partial charge in [-0.15, -0.1) is 0 Å². The molecule has 0 aliphatic carbocycles. The van der Waals surface area contributed by atoms with Gasteiger partial charge in [0.1, 0.15) is 11.4 Å². The molecular weight excluding hydrogens is 397 g/mol. The average Bonchev–Trinajstić information content (AvgIpc) is 2.90. The lowest BCUT2D eigenvalue weighted by atomic mass is 10.0. The Bertz CT molecular complexity index is 711. The van der Waals surface area contributed by atoms with Crippen molar-refractivity contribution in [3.05, 3.63) is 18.2 Å². The summed E-state index contributed by atoms with van der Waals surface area (Å²) in [5, 5.41) is 7.12. The molecule has 1 spiro atoms. The monoisotopic (exact) mass is 422 g/mol. The lowest BCUT2D eigenvalue weighted by Crippen LogP contribution is -2.59. The molecule has 1 aromatic heterocycles. The number of carboxylic acid groups (broad SMARTS) is 1. The summed E-state index contributed by atoms with van der Waals surface area (Å²) < 4.78 is 45.5. The molecule has 2 aliphatic heterocycles. The van der Waals surface area contributed by atoms with E-state index in [1.807, 2.05) is 28.9 Å². The molecule has 1 unspecified atom stereocenters. The van der Waals surface area contributed by atoms with Crippen LogP contribution in [0.25, 0.3) is 0 Å². The zero-order valence-electron chi connectivity index (χ0n) is 16.3. The molecule has 0 radical (unpaired) electrons. The molecule has 2 saturated heterocycles. The summed E-state index contributed by atoms with van der Waals surface area (Å²) in [5.41, 5.74) is -0.425. The first-order valence-corrected chi connectivity index (χ1v) is 8.98. The molecule has 3 heterocycles. The van der Waals surface area contributed by atoms with Crippen LogP contribution in [0.15, 0.2) is 12.4 Å². The average molecular weight is 422 g/mol. The number of amides is 1. The number of rotatable bonds is 2. The lowest BCUT2D eigenvalue weighted by Gasteiger charge is -2.43. The molecule has 0 bridgehead atoms. The Balaban J connectivity index is 0.000000370. The van der Waals surface area contributed by atoms with Crippen LogP contribution >= 0.6 is 0 Å². The predicted molar refractivity (Wildman–Crippen MR) is 93.9 cm³/mol. The minimum atomic E-state index is -5.08. The van der Waals surface area contributed by atoms with E-state index in [2.05, 4.69) is 9.88 Å². The molecule has 3 rings (SSSR count). The van der Waals surface area contributed by atoms with Gasteiger partial charge >= 0.3 is 12.1 Å². The van der Waals surface area contributed by atoms with Gasteiger partial charge in [0.2, 0.25) is 5.91 Å². The van der Waals surface area contributed by atoms with Crippen LogP contribution in [0.5, 0.6) is 0 Å². The largest absolute Gasteiger partial charge is 0.490 e. The van der Waals surface area contributed by atoms with Crippen molar-refractivity contribution in [1.29, 1.82) is 0 Å². The number of carboxylic acids is 1. The molecule has 12 heteroatoms. The number of hydrogen-bond donors (Lipinski definition) is 1. The van der Waals surface area contributed by atoms with Crippen LogP contribution in [0.4, 0.5) is 13.2 Å². The number of alkyl halides is 3. The van der Waals surface area contributed by atoms with Crippen molar-refractivity contribution in [2.24, 2.45) is 7.05 Å². The number of aromatic nitrogens is 2. The first kappa shape index (κ1) is 23.1.